The molecule has 1 unspecified atom stereocenters. The van der Waals surface area contributed by atoms with Crippen LogP contribution in [0.5, 0.6) is 0 Å². The molecule has 0 radical (unpaired) electrons. The minimum absolute atomic E-state index is 0.0167. The van der Waals surface area contributed by atoms with Crippen LogP contribution in [0.1, 0.15) is 58.2 Å². The number of halogens is 1. The largest absolute Gasteiger partial charge is 0.350 e. The second-order valence-corrected chi connectivity index (χ2v) is 8.19. The summed E-state index contributed by atoms with van der Waals surface area (Å²) >= 11 is 0. The van der Waals surface area contributed by atoms with E-state index in [0.29, 0.717) is 47.8 Å². The third-order valence-electron chi connectivity index (χ3n) is 5.15. The molecule has 1 N–H and O–H groups in total. The predicted molar refractivity (Wildman–Crippen MR) is 113 cm³/mol. The van der Waals surface area contributed by atoms with Crippen molar-refractivity contribution in [1.29, 1.82) is 0 Å². The third-order valence-corrected chi connectivity index (χ3v) is 5.15. The molecule has 3 rings (SSSR count). The number of carbonyl (C=O) groups excluding carboxylic acids is 2. The standard InChI is InChI=1S/C22H28FN5O2/c1-13(2)25-20(29)17-11-24-22(27(4)5)26-19(17)16-8-9-28(12-16)21(30)15-7-6-14(3)18(23)10-15/h6-7,10-11,13,16H,8-9,12H2,1-5H3,(H,25,29). The van der Waals surface area contributed by atoms with Crippen molar-refractivity contribution in [2.45, 2.75) is 39.2 Å². The van der Waals surface area contributed by atoms with Crippen molar-refractivity contribution in [3.05, 3.63) is 52.6 Å². The Morgan fingerprint density at radius 1 is 1.30 bits per heavy atom. The van der Waals surface area contributed by atoms with Crippen LogP contribution in [0.25, 0.3) is 0 Å². The van der Waals surface area contributed by atoms with Gasteiger partial charge in [0.05, 0.1) is 11.3 Å². The molecule has 2 aromatic rings. The van der Waals surface area contributed by atoms with Crippen molar-refractivity contribution in [2.24, 2.45) is 0 Å². The molecule has 1 atom stereocenters. The fourth-order valence-electron chi connectivity index (χ4n) is 3.50. The Hall–Kier alpha value is -3.03. The molecule has 1 fully saturated rings. The highest BCUT2D eigenvalue weighted by Gasteiger charge is 2.32. The number of aromatic nitrogens is 2. The molecule has 1 aromatic carbocycles. The molecule has 0 saturated carbocycles. The van der Waals surface area contributed by atoms with Gasteiger partial charge in [-0.2, -0.15) is 0 Å². The fraction of sp³-hybridized carbons (Fsp3) is 0.455. The SMILES string of the molecule is Cc1ccc(C(=O)N2CCC(c3nc(N(C)C)ncc3C(=O)NC(C)C)C2)cc1F. The molecule has 7 nitrogen and oxygen atoms in total. The highest BCUT2D eigenvalue weighted by Crippen LogP contribution is 2.30. The van der Waals surface area contributed by atoms with Crippen LogP contribution in [-0.4, -0.2) is 59.9 Å². The number of hydrogen-bond donors (Lipinski definition) is 1. The Kier molecular flexibility index (Phi) is 6.34. The quantitative estimate of drug-likeness (QED) is 0.816. The molecule has 1 saturated heterocycles. The van der Waals surface area contributed by atoms with E-state index in [-0.39, 0.29) is 23.8 Å². The van der Waals surface area contributed by atoms with Gasteiger partial charge in [-0.3, -0.25) is 9.59 Å². The lowest BCUT2D eigenvalue weighted by Gasteiger charge is -2.20. The zero-order valence-electron chi connectivity index (χ0n) is 18.1. The summed E-state index contributed by atoms with van der Waals surface area (Å²) in [6.45, 7) is 6.38. The van der Waals surface area contributed by atoms with Gasteiger partial charge in [-0.15, -0.1) is 0 Å². The van der Waals surface area contributed by atoms with Gasteiger partial charge in [0.25, 0.3) is 11.8 Å². The van der Waals surface area contributed by atoms with Crippen molar-refractivity contribution in [2.75, 3.05) is 32.1 Å². The Balaban J connectivity index is 1.86. The Morgan fingerprint density at radius 3 is 2.67 bits per heavy atom. The van der Waals surface area contributed by atoms with Gasteiger partial charge in [0.1, 0.15) is 5.82 Å². The first-order chi connectivity index (χ1) is 14.2. The van der Waals surface area contributed by atoms with E-state index >= 15 is 0 Å². The van der Waals surface area contributed by atoms with Crippen LogP contribution in [0.3, 0.4) is 0 Å². The smallest absolute Gasteiger partial charge is 0.254 e. The minimum atomic E-state index is -0.393. The number of rotatable bonds is 5. The van der Waals surface area contributed by atoms with E-state index in [2.05, 4.69) is 15.3 Å². The van der Waals surface area contributed by atoms with Crippen LogP contribution in [0, 0.1) is 12.7 Å². The zero-order valence-corrected chi connectivity index (χ0v) is 18.1. The number of carbonyl (C=O) groups is 2. The average Bonchev–Trinajstić information content (AvgIpc) is 3.18. The molecular formula is C22H28FN5O2. The summed E-state index contributed by atoms with van der Waals surface area (Å²) in [5.74, 6) is -0.423. The summed E-state index contributed by atoms with van der Waals surface area (Å²) in [5.41, 5.74) is 1.89. The first-order valence-electron chi connectivity index (χ1n) is 10.1. The molecule has 1 aliphatic heterocycles. The van der Waals surface area contributed by atoms with Gasteiger partial charge in [-0.1, -0.05) is 6.07 Å². The van der Waals surface area contributed by atoms with Crippen LogP contribution in [0.2, 0.25) is 0 Å². The molecule has 1 aromatic heterocycles. The first-order valence-corrected chi connectivity index (χ1v) is 10.1. The summed E-state index contributed by atoms with van der Waals surface area (Å²) in [7, 11) is 3.67. The number of likely N-dealkylation sites (tertiary alicyclic amines) is 1. The summed E-state index contributed by atoms with van der Waals surface area (Å²) in [5, 5.41) is 2.89. The van der Waals surface area contributed by atoms with E-state index in [9.17, 15) is 14.0 Å². The molecule has 30 heavy (non-hydrogen) atoms. The maximum absolute atomic E-state index is 13.9. The predicted octanol–water partition coefficient (Wildman–Crippen LogP) is 2.76. The van der Waals surface area contributed by atoms with Gasteiger partial charge in [0, 0.05) is 50.9 Å². The topological polar surface area (TPSA) is 78.4 Å². The molecule has 1 aliphatic rings. The van der Waals surface area contributed by atoms with E-state index in [1.54, 1.807) is 35.1 Å². The minimum Gasteiger partial charge on any atom is -0.350 e. The maximum Gasteiger partial charge on any atom is 0.254 e. The van der Waals surface area contributed by atoms with Gasteiger partial charge < -0.3 is 15.1 Å². The molecule has 160 valence electrons. The number of amides is 2. The number of nitrogens with one attached hydrogen (secondary N) is 1. The number of benzene rings is 1. The molecule has 0 bridgehead atoms. The van der Waals surface area contributed by atoms with E-state index < -0.39 is 5.82 Å². The van der Waals surface area contributed by atoms with Crippen LogP contribution in [-0.2, 0) is 0 Å². The lowest BCUT2D eigenvalue weighted by molar-refractivity contribution is 0.0790. The van der Waals surface area contributed by atoms with Gasteiger partial charge in [0.15, 0.2) is 0 Å². The normalized spacial score (nSPS) is 16.1. The molecule has 0 aliphatic carbocycles. The maximum atomic E-state index is 13.9. The summed E-state index contributed by atoms with van der Waals surface area (Å²) < 4.78 is 13.9. The first kappa shape index (κ1) is 21.7. The number of nitrogens with zero attached hydrogens (tertiary/aromatic N) is 4. The molecule has 0 spiro atoms. The highest BCUT2D eigenvalue weighted by molar-refractivity contribution is 5.96. The van der Waals surface area contributed by atoms with Gasteiger partial charge in [-0.25, -0.2) is 14.4 Å². The van der Waals surface area contributed by atoms with Gasteiger partial charge in [-0.05, 0) is 44.9 Å². The zero-order chi connectivity index (χ0) is 22.0. The van der Waals surface area contributed by atoms with Gasteiger partial charge in [0.2, 0.25) is 5.95 Å². The Labute approximate surface area is 176 Å². The van der Waals surface area contributed by atoms with Crippen molar-refractivity contribution in [3.63, 3.8) is 0 Å². The van der Waals surface area contributed by atoms with Crippen molar-refractivity contribution < 1.29 is 14.0 Å². The molecule has 2 heterocycles. The van der Waals surface area contributed by atoms with Crippen molar-refractivity contribution in [1.82, 2.24) is 20.2 Å². The van der Waals surface area contributed by atoms with E-state index in [4.69, 9.17) is 0 Å². The lowest BCUT2D eigenvalue weighted by Crippen LogP contribution is -2.32. The van der Waals surface area contributed by atoms with E-state index in [1.807, 2.05) is 27.9 Å². The van der Waals surface area contributed by atoms with E-state index in [1.165, 1.54) is 6.07 Å². The number of hydrogen-bond acceptors (Lipinski definition) is 5. The summed E-state index contributed by atoms with van der Waals surface area (Å²) in [6.07, 6.45) is 2.22. The molecule has 8 heteroatoms. The summed E-state index contributed by atoms with van der Waals surface area (Å²) in [6, 6.07) is 4.52. The lowest BCUT2D eigenvalue weighted by atomic mass is 9.99. The average molecular weight is 413 g/mol. The third kappa shape index (κ3) is 4.58. The van der Waals surface area contributed by atoms with Crippen molar-refractivity contribution >= 4 is 17.8 Å². The number of aryl methyl sites for hydroxylation is 1. The van der Waals surface area contributed by atoms with E-state index in [0.717, 1.165) is 0 Å². The highest BCUT2D eigenvalue weighted by atomic mass is 19.1. The van der Waals surface area contributed by atoms with Crippen LogP contribution < -0.4 is 10.2 Å². The van der Waals surface area contributed by atoms with Gasteiger partial charge >= 0.3 is 0 Å². The number of anilines is 1. The Morgan fingerprint density at radius 2 is 2.03 bits per heavy atom. The van der Waals surface area contributed by atoms with Crippen LogP contribution in [0.15, 0.2) is 24.4 Å². The van der Waals surface area contributed by atoms with Crippen molar-refractivity contribution in [3.8, 4) is 0 Å². The molecular weight excluding hydrogens is 385 g/mol. The molecule has 2 amide bonds. The second-order valence-electron chi connectivity index (χ2n) is 8.19. The van der Waals surface area contributed by atoms with Crippen LogP contribution >= 0.6 is 0 Å². The van der Waals surface area contributed by atoms with Crippen LogP contribution in [0.4, 0.5) is 10.3 Å². The Bertz CT molecular complexity index is 961. The second kappa shape index (κ2) is 8.77. The monoisotopic (exact) mass is 413 g/mol. The summed E-state index contributed by atoms with van der Waals surface area (Å²) in [4.78, 5) is 37.9. The fourth-order valence-corrected chi connectivity index (χ4v) is 3.50.